The second kappa shape index (κ2) is 6.38. The number of nitrogens with one attached hydrogen (secondary N) is 1. The van der Waals surface area contributed by atoms with Gasteiger partial charge in [-0.05, 0) is 43.2 Å². The highest BCUT2D eigenvalue weighted by atomic mass is 16.4. The molecule has 0 aliphatic heterocycles. The molecule has 3 aromatic rings. The molecular weight excluding hydrogens is 348 g/mol. The first-order valence-corrected chi connectivity index (χ1v) is 7.90. The van der Waals surface area contributed by atoms with Crippen molar-refractivity contribution >= 4 is 11.8 Å². The summed E-state index contributed by atoms with van der Waals surface area (Å²) in [5, 5.41) is 38.1. The van der Waals surface area contributed by atoms with E-state index in [0.717, 1.165) is 0 Å². The van der Waals surface area contributed by atoms with Crippen molar-refractivity contribution in [2.45, 2.75) is 13.8 Å². The summed E-state index contributed by atoms with van der Waals surface area (Å²) in [5.41, 5.74) is 8.89. The third kappa shape index (κ3) is 2.91. The molecule has 0 saturated carbocycles. The molecule has 2 aromatic heterocycles. The van der Waals surface area contributed by atoms with Gasteiger partial charge in [-0.1, -0.05) is 6.07 Å². The van der Waals surface area contributed by atoms with E-state index in [0.29, 0.717) is 33.8 Å². The molecule has 136 valence electrons. The number of hydrogen-bond acceptors (Lipinski definition) is 6. The summed E-state index contributed by atoms with van der Waals surface area (Å²) in [6.45, 7) is 3.30. The smallest absolute Gasteiger partial charge is 0.337 e. The predicted octanol–water partition coefficient (Wildman–Crippen LogP) is 2.92. The molecule has 2 heterocycles. The predicted molar refractivity (Wildman–Crippen MR) is 98.4 cm³/mol. The quantitative estimate of drug-likeness (QED) is 0.447. The van der Waals surface area contributed by atoms with E-state index in [-0.39, 0.29) is 28.4 Å². The van der Waals surface area contributed by atoms with Gasteiger partial charge in [-0.3, -0.25) is 0 Å². The lowest BCUT2D eigenvalue weighted by Crippen LogP contribution is -2.01. The minimum absolute atomic E-state index is 0.0268. The Morgan fingerprint density at radius 3 is 2.48 bits per heavy atom. The second-order valence-corrected chi connectivity index (χ2v) is 6.06. The topological polar surface area (TPSA) is 156 Å². The first kappa shape index (κ1) is 17.8. The maximum atomic E-state index is 11.5. The number of phenolic OH excluding ortho intramolecular Hbond substituents is 2. The first-order valence-electron chi connectivity index (χ1n) is 7.90. The van der Waals surface area contributed by atoms with Gasteiger partial charge in [-0.2, -0.15) is 5.26 Å². The van der Waals surface area contributed by atoms with Crippen molar-refractivity contribution in [1.29, 1.82) is 5.26 Å². The molecule has 0 radical (unpaired) electrons. The average molecular weight is 364 g/mol. The summed E-state index contributed by atoms with van der Waals surface area (Å²) in [6, 6.07) is 7.72. The largest absolute Gasteiger partial charge is 0.504 e. The maximum Gasteiger partial charge on any atom is 0.337 e. The third-order valence-corrected chi connectivity index (χ3v) is 4.35. The molecule has 0 atom stereocenters. The van der Waals surface area contributed by atoms with Crippen molar-refractivity contribution in [2.75, 3.05) is 5.73 Å². The second-order valence-electron chi connectivity index (χ2n) is 6.06. The van der Waals surface area contributed by atoms with E-state index in [2.05, 4.69) is 9.97 Å². The molecule has 0 aliphatic carbocycles. The number of anilines is 1. The molecule has 0 bridgehead atoms. The fourth-order valence-corrected chi connectivity index (χ4v) is 3.06. The summed E-state index contributed by atoms with van der Waals surface area (Å²) in [7, 11) is 0. The lowest BCUT2D eigenvalue weighted by molar-refractivity contribution is 0.0695. The van der Waals surface area contributed by atoms with Crippen molar-refractivity contribution < 1.29 is 20.1 Å². The van der Waals surface area contributed by atoms with Crippen LogP contribution in [0.5, 0.6) is 11.5 Å². The number of phenols is 2. The zero-order chi connectivity index (χ0) is 19.9. The summed E-state index contributed by atoms with van der Waals surface area (Å²) in [5.74, 6) is -1.71. The average Bonchev–Trinajstić information content (AvgIpc) is 2.91. The Hall–Kier alpha value is -3.99. The van der Waals surface area contributed by atoms with Crippen LogP contribution >= 0.6 is 0 Å². The Morgan fingerprint density at radius 1 is 1.22 bits per heavy atom. The van der Waals surface area contributed by atoms with E-state index in [4.69, 9.17) is 5.73 Å². The van der Waals surface area contributed by atoms with Crippen molar-refractivity contribution in [3.63, 3.8) is 0 Å². The van der Waals surface area contributed by atoms with Crippen LogP contribution in [0.1, 0.15) is 27.2 Å². The molecule has 0 unspecified atom stereocenters. The van der Waals surface area contributed by atoms with Crippen LogP contribution in [-0.4, -0.2) is 31.3 Å². The van der Waals surface area contributed by atoms with E-state index in [1.807, 2.05) is 6.07 Å². The molecule has 0 spiro atoms. The minimum atomic E-state index is -1.06. The lowest BCUT2D eigenvalue weighted by Gasteiger charge is -2.11. The number of aromatic hydroxyl groups is 2. The summed E-state index contributed by atoms with van der Waals surface area (Å²) in [4.78, 5) is 18.7. The van der Waals surface area contributed by atoms with Crippen LogP contribution in [0.2, 0.25) is 0 Å². The molecule has 3 rings (SSSR count). The van der Waals surface area contributed by atoms with Crippen LogP contribution in [0.15, 0.2) is 24.3 Å². The van der Waals surface area contributed by atoms with Gasteiger partial charge in [0.1, 0.15) is 17.5 Å². The molecule has 0 amide bonds. The van der Waals surface area contributed by atoms with Gasteiger partial charge in [0.2, 0.25) is 0 Å². The number of aromatic carboxylic acids is 1. The maximum absolute atomic E-state index is 11.5. The van der Waals surface area contributed by atoms with E-state index in [1.54, 1.807) is 19.9 Å². The summed E-state index contributed by atoms with van der Waals surface area (Å²) < 4.78 is 0. The molecule has 27 heavy (non-hydrogen) atoms. The van der Waals surface area contributed by atoms with Gasteiger partial charge in [0, 0.05) is 11.3 Å². The summed E-state index contributed by atoms with van der Waals surface area (Å²) in [6.07, 6.45) is 0. The van der Waals surface area contributed by atoms with E-state index < -0.39 is 5.97 Å². The fourth-order valence-electron chi connectivity index (χ4n) is 3.06. The molecule has 6 N–H and O–H groups in total. The number of H-pyrrole nitrogens is 1. The normalized spacial score (nSPS) is 10.6. The number of hydrogen-bond donors (Lipinski definition) is 5. The van der Waals surface area contributed by atoms with Crippen molar-refractivity contribution in [3.05, 3.63) is 46.6 Å². The van der Waals surface area contributed by atoms with E-state index in [1.165, 1.54) is 18.2 Å². The van der Waals surface area contributed by atoms with Crippen molar-refractivity contribution in [3.8, 4) is 40.1 Å². The number of nitrogen functional groups attached to an aromatic ring is 1. The zero-order valence-corrected chi connectivity index (χ0v) is 14.5. The Morgan fingerprint density at radius 2 is 1.93 bits per heavy atom. The third-order valence-electron chi connectivity index (χ3n) is 4.35. The van der Waals surface area contributed by atoms with Crippen LogP contribution in [0.3, 0.4) is 0 Å². The number of nitrogens with two attached hydrogens (primary N) is 1. The van der Waals surface area contributed by atoms with Crippen LogP contribution in [-0.2, 0) is 0 Å². The molecule has 0 fully saturated rings. The molecule has 8 heteroatoms. The number of aromatic amines is 1. The Balaban J connectivity index is 2.28. The zero-order valence-electron chi connectivity index (χ0n) is 14.5. The molecule has 0 saturated heterocycles. The van der Waals surface area contributed by atoms with Crippen molar-refractivity contribution in [2.24, 2.45) is 0 Å². The van der Waals surface area contributed by atoms with Crippen LogP contribution in [0.25, 0.3) is 22.5 Å². The number of carboxylic acids is 1. The van der Waals surface area contributed by atoms with Gasteiger partial charge >= 0.3 is 5.97 Å². The highest BCUT2D eigenvalue weighted by Crippen LogP contribution is 2.36. The van der Waals surface area contributed by atoms with Gasteiger partial charge in [-0.25, -0.2) is 9.78 Å². The Bertz CT molecular complexity index is 1130. The number of nitriles is 1. The Kier molecular flexibility index (Phi) is 4.21. The van der Waals surface area contributed by atoms with Gasteiger partial charge in [0.05, 0.1) is 17.0 Å². The van der Waals surface area contributed by atoms with Gasteiger partial charge in [-0.15, -0.1) is 0 Å². The number of aromatic nitrogens is 2. The number of rotatable bonds is 3. The van der Waals surface area contributed by atoms with E-state index in [9.17, 15) is 25.4 Å². The van der Waals surface area contributed by atoms with Crippen molar-refractivity contribution in [1.82, 2.24) is 9.97 Å². The summed E-state index contributed by atoms with van der Waals surface area (Å²) >= 11 is 0. The molecule has 0 aliphatic rings. The first-order chi connectivity index (χ1) is 12.7. The number of carbonyl (C=O) groups is 1. The molecular formula is C19H16N4O4. The SMILES string of the molecule is Cc1[nH]c(-c2cc(-c3ccc(O)c(O)c3)c(C#N)c(N)n2)c(C)c1C(=O)O. The fraction of sp³-hybridized carbons (Fsp3) is 0.105. The minimum Gasteiger partial charge on any atom is -0.504 e. The number of nitrogens with zero attached hydrogens (tertiary/aromatic N) is 2. The van der Waals surface area contributed by atoms with Gasteiger partial charge in [0.25, 0.3) is 0 Å². The van der Waals surface area contributed by atoms with Crippen LogP contribution in [0, 0.1) is 25.2 Å². The highest BCUT2D eigenvalue weighted by Gasteiger charge is 2.21. The molecule has 8 nitrogen and oxygen atoms in total. The number of pyridine rings is 1. The number of carboxylic acid groups (broad SMARTS) is 1. The standard InChI is InChI=1S/C19H16N4O4/c1-8-16(19(26)27)9(2)22-17(8)13-6-11(12(7-20)18(21)23-13)10-3-4-14(24)15(25)5-10/h3-6,22,24-25H,1-2H3,(H2,21,23)(H,26,27). The number of aryl methyl sites for hydroxylation is 1. The Labute approximate surface area is 154 Å². The number of benzene rings is 1. The van der Waals surface area contributed by atoms with Crippen LogP contribution < -0.4 is 5.73 Å². The monoisotopic (exact) mass is 364 g/mol. The lowest BCUT2D eigenvalue weighted by atomic mass is 9.98. The molecule has 1 aromatic carbocycles. The van der Waals surface area contributed by atoms with E-state index >= 15 is 0 Å². The van der Waals surface area contributed by atoms with Crippen LogP contribution in [0.4, 0.5) is 5.82 Å². The highest BCUT2D eigenvalue weighted by molar-refractivity contribution is 5.93. The van der Waals surface area contributed by atoms with Gasteiger partial charge < -0.3 is 26.0 Å². The van der Waals surface area contributed by atoms with Gasteiger partial charge in [0.15, 0.2) is 11.5 Å².